The average molecular weight is 673 g/mol. The first-order chi connectivity index (χ1) is 20.6. The third kappa shape index (κ3) is 7.70. The number of halogens is 4. The van der Waals surface area contributed by atoms with Gasteiger partial charge in [-0.25, -0.2) is 13.2 Å². The Labute approximate surface area is 259 Å². The quantitative estimate of drug-likeness (QED) is 0.196. The van der Waals surface area contributed by atoms with Gasteiger partial charge >= 0.3 is 12.1 Å². The SMILES string of the molecule is COc1cccc2c1c(NS(=O)(=O)c1ccc(Cl)s1)nn2Cc1cccc(CCC(=O)C2(N)CCC2)c1.O=C(O)C(F)(F)F. The maximum Gasteiger partial charge on any atom is 0.490 e. The van der Waals surface area contributed by atoms with Gasteiger partial charge in [0.05, 0.1) is 34.4 Å². The summed E-state index contributed by atoms with van der Waals surface area (Å²) in [6, 6.07) is 16.4. The van der Waals surface area contributed by atoms with Gasteiger partial charge in [-0.2, -0.15) is 18.3 Å². The Hall–Kier alpha value is -3.66. The van der Waals surface area contributed by atoms with Crippen molar-refractivity contribution in [3.05, 3.63) is 70.1 Å². The number of benzene rings is 2. The molecule has 0 spiro atoms. The number of methoxy groups -OCH3 is 1. The van der Waals surface area contributed by atoms with Crippen molar-refractivity contribution in [2.75, 3.05) is 11.8 Å². The molecule has 10 nitrogen and oxygen atoms in total. The molecule has 1 aliphatic rings. The standard InChI is InChI=1S/C26H27ClN4O4S2.C2HF3O2/c1-35-20-8-3-7-19-24(20)25(30-37(33,34)23-12-11-22(27)36-23)29-31(19)16-18-6-2-5-17(15-18)9-10-21(32)26(28)13-4-14-26;3-2(4,5)1(6)7/h2-3,5-8,11-12,15H,4,9-10,13-14,16,28H2,1H3,(H,29,30);(H,6,7). The molecular formula is C28H28ClF3N4O6S2. The van der Waals surface area contributed by atoms with Crippen LogP contribution in [-0.4, -0.2) is 53.9 Å². The number of nitrogens with one attached hydrogen (secondary N) is 1. The number of carboxylic acid groups (broad SMARTS) is 1. The number of nitrogens with two attached hydrogens (primary N) is 1. The smallest absolute Gasteiger partial charge is 0.490 e. The van der Waals surface area contributed by atoms with E-state index in [1.54, 1.807) is 10.7 Å². The number of ketones is 1. The first-order valence-corrected chi connectivity index (χ1v) is 15.8. The lowest BCUT2D eigenvalue weighted by Crippen LogP contribution is -2.53. The van der Waals surface area contributed by atoms with Crippen molar-refractivity contribution in [2.24, 2.45) is 5.73 Å². The second-order valence-electron chi connectivity index (χ2n) is 10.1. The summed E-state index contributed by atoms with van der Waals surface area (Å²) in [6.07, 6.45) is -1.49. The number of carbonyl (C=O) groups excluding carboxylic acids is 1. The number of aromatic nitrogens is 2. The highest BCUT2D eigenvalue weighted by Gasteiger charge is 2.39. The van der Waals surface area contributed by atoms with E-state index in [2.05, 4.69) is 9.82 Å². The molecule has 0 amide bonds. The molecule has 5 rings (SSSR count). The molecule has 4 N–H and O–H groups in total. The second-order valence-corrected chi connectivity index (χ2v) is 13.7. The number of hydrogen-bond donors (Lipinski definition) is 3. The largest absolute Gasteiger partial charge is 0.496 e. The van der Waals surface area contributed by atoms with Crippen molar-refractivity contribution < 1.29 is 41.0 Å². The number of aryl methyl sites for hydroxylation is 1. The minimum absolute atomic E-state index is 0.0958. The predicted molar refractivity (Wildman–Crippen MR) is 160 cm³/mol. The number of ether oxygens (including phenoxy) is 1. The Kier molecular flexibility index (Phi) is 9.93. The Morgan fingerprint density at radius 2 is 1.82 bits per heavy atom. The van der Waals surface area contributed by atoms with E-state index in [0.29, 0.717) is 34.9 Å². The maximum atomic E-state index is 13.0. The number of alkyl halides is 3. The van der Waals surface area contributed by atoms with Crippen LogP contribution in [0, 0.1) is 0 Å². The Morgan fingerprint density at radius 3 is 2.39 bits per heavy atom. The molecule has 2 aromatic heterocycles. The summed E-state index contributed by atoms with van der Waals surface area (Å²) in [5.41, 5.74) is 8.28. The fourth-order valence-electron chi connectivity index (χ4n) is 4.58. The Balaban J connectivity index is 0.000000566. The number of rotatable bonds is 10. The summed E-state index contributed by atoms with van der Waals surface area (Å²) in [5.74, 6) is -1.96. The molecule has 0 aliphatic heterocycles. The molecule has 16 heteroatoms. The zero-order valence-corrected chi connectivity index (χ0v) is 25.6. The summed E-state index contributed by atoms with van der Waals surface area (Å²) < 4.78 is 68.1. The van der Waals surface area contributed by atoms with E-state index in [4.69, 9.17) is 32.0 Å². The van der Waals surface area contributed by atoms with Gasteiger partial charge in [0.1, 0.15) is 9.96 Å². The maximum absolute atomic E-state index is 13.0. The van der Waals surface area contributed by atoms with Crippen molar-refractivity contribution in [3.63, 3.8) is 0 Å². The van der Waals surface area contributed by atoms with Crippen LogP contribution in [-0.2, 0) is 32.6 Å². The van der Waals surface area contributed by atoms with E-state index in [1.807, 2.05) is 36.4 Å². The highest BCUT2D eigenvalue weighted by atomic mass is 35.5. The average Bonchev–Trinajstić information content (AvgIpc) is 3.54. The number of nitrogens with zero attached hydrogens (tertiary/aromatic N) is 2. The molecule has 2 aromatic carbocycles. The van der Waals surface area contributed by atoms with Crippen LogP contribution in [0.5, 0.6) is 5.75 Å². The van der Waals surface area contributed by atoms with Crippen molar-refractivity contribution in [1.82, 2.24) is 9.78 Å². The highest BCUT2D eigenvalue weighted by Crippen LogP contribution is 2.35. The fourth-order valence-corrected chi connectivity index (χ4v) is 7.07. The zero-order chi connectivity index (χ0) is 32.3. The van der Waals surface area contributed by atoms with Crippen molar-refractivity contribution in [3.8, 4) is 5.75 Å². The van der Waals surface area contributed by atoms with Gasteiger partial charge in [-0.15, -0.1) is 11.3 Å². The molecule has 0 bridgehead atoms. The number of Topliss-reactive ketones (excluding diaryl/α,β-unsaturated/α-hetero) is 1. The number of hydrogen-bond acceptors (Lipinski definition) is 8. The molecular weight excluding hydrogens is 645 g/mol. The van der Waals surface area contributed by atoms with Crippen molar-refractivity contribution in [1.29, 1.82) is 0 Å². The molecule has 2 heterocycles. The van der Waals surface area contributed by atoms with Crippen LogP contribution in [0.2, 0.25) is 4.34 Å². The first kappa shape index (κ1) is 33.2. The molecule has 1 fully saturated rings. The van der Waals surface area contributed by atoms with Crippen LogP contribution in [0.15, 0.2) is 58.8 Å². The monoisotopic (exact) mass is 672 g/mol. The molecule has 236 valence electrons. The third-order valence-electron chi connectivity index (χ3n) is 7.01. The molecule has 0 unspecified atom stereocenters. The number of fused-ring (bicyclic) bond motifs is 1. The highest BCUT2D eigenvalue weighted by molar-refractivity contribution is 7.94. The lowest BCUT2D eigenvalue weighted by atomic mass is 9.73. The van der Waals surface area contributed by atoms with Crippen LogP contribution in [0.25, 0.3) is 10.9 Å². The lowest BCUT2D eigenvalue weighted by Gasteiger charge is -2.36. The molecule has 0 saturated heterocycles. The van der Waals surface area contributed by atoms with Crippen LogP contribution in [0.4, 0.5) is 19.0 Å². The topological polar surface area (TPSA) is 154 Å². The summed E-state index contributed by atoms with van der Waals surface area (Å²) in [4.78, 5) is 21.4. The van der Waals surface area contributed by atoms with Gasteiger partial charge in [0.15, 0.2) is 11.6 Å². The molecule has 0 radical (unpaired) electrons. The van der Waals surface area contributed by atoms with E-state index in [9.17, 15) is 26.4 Å². The van der Waals surface area contributed by atoms with Gasteiger partial charge in [0.25, 0.3) is 10.0 Å². The van der Waals surface area contributed by atoms with E-state index < -0.39 is 27.7 Å². The number of sulfonamides is 1. The lowest BCUT2D eigenvalue weighted by molar-refractivity contribution is -0.192. The fraction of sp³-hybridized carbons (Fsp3) is 0.321. The molecule has 4 aromatic rings. The van der Waals surface area contributed by atoms with Gasteiger partial charge in [-0.1, -0.05) is 41.9 Å². The van der Waals surface area contributed by atoms with E-state index in [0.717, 1.165) is 47.2 Å². The van der Waals surface area contributed by atoms with Crippen LogP contribution in [0.1, 0.15) is 36.8 Å². The molecule has 44 heavy (non-hydrogen) atoms. The van der Waals surface area contributed by atoms with Crippen LogP contribution >= 0.6 is 22.9 Å². The number of carboxylic acids is 1. The van der Waals surface area contributed by atoms with Gasteiger partial charge in [-0.05, 0) is 61.1 Å². The minimum atomic E-state index is -5.08. The summed E-state index contributed by atoms with van der Waals surface area (Å²) in [6.45, 7) is 0.402. The second kappa shape index (κ2) is 13.1. The van der Waals surface area contributed by atoms with Crippen LogP contribution in [0.3, 0.4) is 0 Å². The molecule has 0 atom stereocenters. The van der Waals surface area contributed by atoms with Gasteiger partial charge in [-0.3, -0.25) is 14.2 Å². The van der Waals surface area contributed by atoms with Crippen molar-refractivity contribution >= 4 is 61.4 Å². The van der Waals surface area contributed by atoms with Gasteiger partial charge in [0.2, 0.25) is 0 Å². The Morgan fingerprint density at radius 1 is 1.16 bits per heavy atom. The Bertz CT molecular complexity index is 1790. The van der Waals surface area contributed by atoms with Gasteiger partial charge < -0.3 is 15.6 Å². The number of thiophene rings is 1. The van der Waals surface area contributed by atoms with Gasteiger partial charge in [0, 0.05) is 6.42 Å². The van der Waals surface area contributed by atoms with E-state index in [1.165, 1.54) is 19.2 Å². The normalized spacial score (nSPS) is 14.3. The van der Waals surface area contributed by atoms with E-state index >= 15 is 0 Å². The van der Waals surface area contributed by atoms with E-state index in [-0.39, 0.29) is 15.8 Å². The first-order valence-electron chi connectivity index (χ1n) is 13.1. The number of aliphatic carboxylic acids is 1. The number of anilines is 1. The molecule has 1 aliphatic carbocycles. The summed E-state index contributed by atoms with van der Waals surface area (Å²) in [7, 11) is -2.36. The summed E-state index contributed by atoms with van der Waals surface area (Å²) in [5, 5.41) is 12.3. The third-order valence-corrected chi connectivity index (χ3v) is 10.1. The predicted octanol–water partition coefficient (Wildman–Crippen LogP) is 5.63. The zero-order valence-electron chi connectivity index (χ0n) is 23.2. The number of carbonyl (C=O) groups is 2. The molecule has 1 saturated carbocycles. The van der Waals surface area contributed by atoms with Crippen LogP contribution < -0.4 is 15.2 Å². The summed E-state index contributed by atoms with van der Waals surface area (Å²) >= 11 is 6.92. The minimum Gasteiger partial charge on any atom is -0.496 e. The van der Waals surface area contributed by atoms with Crippen molar-refractivity contribution in [2.45, 2.75) is 54.6 Å².